The lowest BCUT2D eigenvalue weighted by molar-refractivity contribution is -0.00694. The fraction of sp³-hybridized carbons (Fsp3) is 0.833. The summed E-state index contributed by atoms with van der Waals surface area (Å²) in [5.74, 6) is 0. The van der Waals surface area contributed by atoms with E-state index in [1.54, 1.807) is 0 Å². The second-order valence-electron chi connectivity index (χ2n) is 6.19. The lowest BCUT2D eigenvalue weighted by Gasteiger charge is -2.57. The van der Waals surface area contributed by atoms with E-state index in [1.807, 2.05) is 0 Å². The zero-order valence-electron chi connectivity index (χ0n) is 9.94. The molecule has 1 unspecified atom stereocenters. The van der Waals surface area contributed by atoms with Crippen LogP contribution in [0.3, 0.4) is 0 Å². The Labute approximate surface area is 82.8 Å². The minimum Gasteiger partial charge on any atom is -0.366 e. The molecule has 1 fully saturated rings. The third kappa shape index (κ3) is 1.90. The Morgan fingerprint density at radius 3 is 1.77 bits per heavy atom. The molecule has 1 heterocycles. The topological polar surface area (TPSA) is 3.24 Å². The number of hydrogen-bond acceptors (Lipinski definition) is 1. The first-order chi connectivity index (χ1) is 5.64. The smallest absolute Gasteiger partial charge is 0.0394 e. The summed E-state index contributed by atoms with van der Waals surface area (Å²) in [5, 5.41) is 0. The van der Waals surface area contributed by atoms with Crippen molar-refractivity contribution in [3.63, 3.8) is 0 Å². The molecule has 1 saturated heterocycles. The standard InChI is InChI=1S/C12H23N/c1-9-8-10(11(2,3)4)13(9)12(5,6)7/h10H,1,8H2,2-7H3. The lowest BCUT2D eigenvalue weighted by atomic mass is 9.75. The molecule has 0 amide bonds. The molecule has 76 valence electrons. The van der Waals surface area contributed by atoms with Crippen LogP contribution >= 0.6 is 0 Å². The van der Waals surface area contributed by atoms with Crippen LogP contribution in [0.2, 0.25) is 0 Å². The molecule has 0 aromatic rings. The van der Waals surface area contributed by atoms with E-state index < -0.39 is 0 Å². The Kier molecular flexibility index (Phi) is 2.26. The minimum atomic E-state index is 0.229. The van der Waals surface area contributed by atoms with Crippen LogP contribution in [-0.4, -0.2) is 16.5 Å². The zero-order chi connectivity index (χ0) is 10.4. The van der Waals surface area contributed by atoms with Gasteiger partial charge < -0.3 is 4.90 Å². The van der Waals surface area contributed by atoms with Crippen LogP contribution in [0.15, 0.2) is 12.3 Å². The normalized spacial score (nSPS) is 24.6. The number of likely N-dealkylation sites (tertiary alicyclic amines) is 1. The fourth-order valence-corrected chi connectivity index (χ4v) is 2.16. The molecule has 13 heavy (non-hydrogen) atoms. The molecule has 0 N–H and O–H groups in total. The summed E-state index contributed by atoms with van der Waals surface area (Å²) in [6.45, 7) is 17.8. The molecule has 0 radical (unpaired) electrons. The Balaban J connectivity index is 2.79. The van der Waals surface area contributed by atoms with Crippen LogP contribution in [-0.2, 0) is 0 Å². The maximum Gasteiger partial charge on any atom is 0.0394 e. The van der Waals surface area contributed by atoms with E-state index in [4.69, 9.17) is 0 Å². The van der Waals surface area contributed by atoms with E-state index in [-0.39, 0.29) is 5.54 Å². The van der Waals surface area contributed by atoms with Crippen LogP contribution in [0.5, 0.6) is 0 Å². The van der Waals surface area contributed by atoms with Crippen LogP contribution in [0.4, 0.5) is 0 Å². The number of rotatable bonds is 0. The van der Waals surface area contributed by atoms with E-state index in [9.17, 15) is 0 Å². The largest absolute Gasteiger partial charge is 0.366 e. The summed E-state index contributed by atoms with van der Waals surface area (Å²) < 4.78 is 0. The van der Waals surface area contributed by atoms with Gasteiger partial charge in [0.2, 0.25) is 0 Å². The van der Waals surface area contributed by atoms with Crippen LogP contribution in [0.1, 0.15) is 48.0 Å². The van der Waals surface area contributed by atoms with Gasteiger partial charge in [0.05, 0.1) is 0 Å². The Bertz CT molecular complexity index is 214. The van der Waals surface area contributed by atoms with E-state index in [2.05, 4.69) is 53.0 Å². The van der Waals surface area contributed by atoms with Gasteiger partial charge in [0, 0.05) is 23.7 Å². The van der Waals surface area contributed by atoms with E-state index in [1.165, 1.54) is 12.1 Å². The Morgan fingerprint density at radius 2 is 1.62 bits per heavy atom. The number of nitrogens with zero attached hydrogens (tertiary/aromatic N) is 1. The predicted octanol–water partition coefficient (Wildman–Crippen LogP) is 3.42. The van der Waals surface area contributed by atoms with Crippen molar-refractivity contribution in [1.29, 1.82) is 0 Å². The molecule has 0 saturated carbocycles. The molecular formula is C12H23N. The summed E-state index contributed by atoms with van der Waals surface area (Å²) in [4.78, 5) is 2.47. The highest BCUT2D eigenvalue weighted by Gasteiger charge is 2.44. The summed E-state index contributed by atoms with van der Waals surface area (Å²) in [6, 6.07) is 0.667. The molecule has 0 aliphatic carbocycles. The van der Waals surface area contributed by atoms with Crippen molar-refractivity contribution in [1.82, 2.24) is 4.90 Å². The van der Waals surface area contributed by atoms with E-state index in [0.717, 1.165) is 0 Å². The average molecular weight is 181 g/mol. The van der Waals surface area contributed by atoms with Gasteiger partial charge in [-0.2, -0.15) is 0 Å². The van der Waals surface area contributed by atoms with Gasteiger partial charge in [0.15, 0.2) is 0 Å². The molecule has 1 rings (SSSR count). The summed E-state index contributed by atoms with van der Waals surface area (Å²) in [6.07, 6.45) is 1.17. The molecule has 1 aliphatic rings. The van der Waals surface area contributed by atoms with Crippen molar-refractivity contribution in [2.24, 2.45) is 5.41 Å². The van der Waals surface area contributed by atoms with Gasteiger partial charge in [-0.1, -0.05) is 27.4 Å². The third-order valence-corrected chi connectivity index (χ3v) is 2.80. The van der Waals surface area contributed by atoms with Crippen molar-refractivity contribution in [2.45, 2.75) is 59.5 Å². The van der Waals surface area contributed by atoms with Crippen LogP contribution in [0.25, 0.3) is 0 Å². The molecular weight excluding hydrogens is 158 g/mol. The van der Waals surface area contributed by atoms with Crippen molar-refractivity contribution in [2.75, 3.05) is 0 Å². The highest BCUT2D eigenvalue weighted by Crippen LogP contribution is 2.44. The first kappa shape index (κ1) is 10.6. The molecule has 0 bridgehead atoms. The van der Waals surface area contributed by atoms with Crippen LogP contribution < -0.4 is 0 Å². The SMILES string of the molecule is C=C1CC(C(C)(C)C)N1C(C)(C)C. The summed E-state index contributed by atoms with van der Waals surface area (Å²) >= 11 is 0. The second-order valence-corrected chi connectivity index (χ2v) is 6.19. The molecule has 0 spiro atoms. The third-order valence-electron chi connectivity index (χ3n) is 2.80. The predicted molar refractivity (Wildman–Crippen MR) is 58.6 cm³/mol. The molecule has 0 aromatic carbocycles. The van der Waals surface area contributed by atoms with Gasteiger partial charge in [-0.05, 0) is 26.2 Å². The van der Waals surface area contributed by atoms with Crippen molar-refractivity contribution >= 4 is 0 Å². The first-order valence-corrected chi connectivity index (χ1v) is 5.11. The van der Waals surface area contributed by atoms with Crippen molar-refractivity contribution in [3.05, 3.63) is 12.3 Å². The molecule has 1 aliphatic heterocycles. The van der Waals surface area contributed by atoms with Gasteiger partial charge in [-0.25, -0.2) is 0 Å². The first-order valence-electron chi connectivity index (χ1n) is 5.11. The zero-order valence-corrected chi connectivity index (χ0v) is 9.94. The molecule has 0 aromatic heterocycles. The van der Waals surface area contributed by atoms with Gasteiger partial charge in [0.1, 0.15) is 0 Å². The molecule has 1 heteroatoms. The quantitative estimate of drug-likeness (QED) is 0.553. The maximum atomic E-state index is 4.10. The van der Waals surface area contributed by atoms with Gasteiger partial charge in [0.25, 0.3) is 0 Å². The van der Waals surface area contributed by atoms with Gasteiger partial charge in [-0.3, -0.25) is 0 Å². The monoisotopic (exact) mass is 181 g/mol. The average Bonchev–Trinajstić information content (AvgIpc) is 1.75. The number of hydrogen-bond donors (Lipinski definition) is 0. The Morgan fingerprint density at radius 1 is 1.15 bits per heavy atom. The maximum absolute atomic E-state index is 4.10. The minimum absolute atomic E-state index is 0.229. The Hall–Kier alpha value is -0.460. The highest BCUT2D eigenvalue weighted by molar-refractivity contribution is 5.16. The second kappa shape index (κ2) is 2.76. The molecule has 1 nitrogen and oxygen atoms in total. The summed E-state index contributed by atoms with van der Waals surface area (Å²) in [5.41, 5.74) is 1.90. The van der Waals surface area contributed by atoms with Crippen LogP contribution in [0, 0.1) is 5.41 Å². The van der Waals surface area contributed by atoms with Gasteiger partial charge >= 0.3 is 0 Å². The summed E-state index contributed by atoms with van der Waals surface area (Å²) in [7, 11) is 0. The van der Waals surface area contributed by atoms with E-state index >= 15 is 0 Å². The van der Waals surface area contributed by atoms with E-state index in [0.29, 0.717) is 11.5 Å². The fourth-order valence-electron chi connectivity index (χ4n) is 2.16. The van der Waals surface area contributed by atoms with Gasteiger partial charge in [-0.15, -0.1) is 0 Å². The lowest BCUT2D eigenvalue weighted by Crippen LogP contribution is -2.59. The molecule has 1 atom stereocenters. The highest BCUT2D eigenvalue weighted by atomic mass is 15.3. The van der Waals surface area contributed by atoms with Crippen molar-refractivity contribution in [3.8, 4) is 0 Å². The van der Waals surface area contributed by atoms with Crippen molar-refractivity contribution < 1.29 is 0 Å².